The first-order valence-corrected chi connectivity index (χ1v) is 3.38. The maximum Gasteiger partial charge on any atom is 0.323 e. The van der Waals surface area contributed by atoms with Crippen molar-refractivity contribution < 1.29 is 14.4 Å². The second-order valence-electron chi connectivity index (χ2n) is 2.44. The molecule has 0 aliphatic rings. The number of rotatable bonds is 2. The third-order valence-corrected chi connectivity index (χ3v) is 1.12. The fraction of sp³-hybridized carbons (Fsp3) is 0.500. The highest BCUT2D eigenvalue weighted by Gasteiger charge is 2.11. The van der Waals surface area contributed by atoms with E-state index in [1.807, 2.05) is 0 Å². The Hall–Kier alpha value is -1.59. The van der Waals surface area contributed by atoms with E-state index in [-0.39, 0.29) is 11.8 Å². The Labute approximate surface area is 69.7 Å². The van der Waals surface area contributed by atoms with Gasteiger partial charge < -0.3 is 5.11 Å². The van der Waals surface area contributed by atoms with E-state index in [9.17, 15) is 5.11 Å². The predicted octanol–water partition coefficient (Wildman–Crippen LogP) is -1.43. The number of aromatic nitrogens is 2. The molecule has 0 saturated carbocycles. The first-order chi connectivity index (χ1) is 5.59. The zero-order valence-corrected chi connectivity index (χ0v) is 7.18. The maximum absolute atomic E-state index is 10.5. The van der Waals surface area contributed by atoms with E-state index in [1.54, 1.807) is 19.1 Å². The van der Waals surface area contributed by atoms with Gasteiger partial charge in [0.05, 0.1) is 18.9 Å². The molecule has 0 aromatic carbocycles. The summed E-state index contributed by atoms with van der Waals surface area (Å²) < 4.78 is 4.72. The summed E-state index contributed by atoms with van der Waals surface area (Å²) in [6.45, 7) is 1.35. The topological polar surface area (TPSA) is 68.6 Å². The second kappa shape index (κ2) is 3.21. The highest BCUT2D eigenvalue weighted by molar-refractivity contribution is 5.70. The molecule has 1 heterocycles. The van der Waals surface area contributed by atoms with Gasteiger partial charge in [-0.3, -0.25) is 4.52 Å². The highest BCUT2D eigenvalue weighted by Crippen LogP contribution is 2.04. The molecule has 0 radical (unpaired) electrons. The predicted molar refractivity (Wildman–Crippen MR) is 39.5 cm³/mol. The molecule has 1 rings (SSSR count). The molecule has 0 N–H and O–H groups in total. The number of aliphatic imine (C=N–C) groups is 1. The van der Waals surface area contributed by atoms with Crippen LogP contribution in [0.1, 0.15) is 6.92 Å². The van der Waals surface area contributed by atoms with Crippen molar-refractivity contribution in [3.63, 3.8) is 0 Å². The number of hydrogen-bond donors (Lipinski definition) is 0. The first-order valence-electron chi connectivity index (χ1n) is 3.38. The molecule has 0 bridgehead atoms. The smallest absolute Gasteiger partial charge is 0.323 e. The van der Waals surface area contributed by atoms with Crippen molar-refractivity contribution >= 4 is 11.8 Å². The summed E-state index contributed by atoms with van der Waals surface area (Å²) in [4.78, 5) is 4.98. The van der Waals surface area contributed by atoms with Gasteiger partial charge in [0.25, 0.3) is 6.20 Å². The molecule has 0 spiro atoms. The van der Waals surface area contributed by atoms with Crippen molar-refractivity contribution in [1.29, 1.82) is 0 Å². The monoisotopic (exact) mass is 170 g/mol. The average Bonchev–Trinajstić information content (AvgIpc) is 2.34. The van der Waals surface area contributed by atoms with Crippen molar-refractivity contribution in [3.8, 4) is 0 Å². The molecule has 12 heavy (non-hydrogen) atoms. The van der Waals surface area contributed by atoms with Crippen LogP contribution in [-0.2, 0) is 0 Å². The van der Waals surface area contributed by atoms with Crippen molar-refractivity contribution in [2.45, 2.75) is 6.92 Å². The standard InChI is InChI=1S/C6H10N4O2/c1-5(11)7-6-4-10(8-12-6)9(2)3/h4H,1-3H3. The van der Waals surface area contributed by atoms with Crippen LogP contribution in [0.2, 0.25) is 0 Å². The van der Waals surface area contributed by atoms with Crippen LogP contribution in [0.25, 0.3) is 0 Å². The lowest BCUT2D eigenvalue weighted by Gasteiger charge is -1.96. The molecule has 0 fully saturated rings. The van der Waals surface area contributed by atoms with Gasteiger partial charge >= 0.3 is 5.88 Å². The van der Waals surface area contributed by atoms with Gasteiger partial charge in [0.2, 0.25) is 5.27 Å². The van der Waals surface area contributed by atoms with Crippen LogP contribution in [0.5, 0.6) is 0 Å². The van der Waals surface area contributed by atoms with Gasteiger partial charge in [-0.25, -0.2) is 4.99 Å². The van der Waals surface area contributed by atoms with Gasteiger partial charge in [-0.05, 0) is 12.8 Å². The molecular weight excluding hydrogens is 160 g/mol. The summed E-state index contributed by atoms with van der Waals surface area (Å²) in [5.74, 6) is -0.103. The summed E-state index contributed by atoms with van der Waals surface area (Å²) in [5.41, 5.74) is 0. The van der Waals surface area contributed by atoms with Crippen LogP contribution in [0.4, 0.5) is 5.88 Å². The quantitative estimate of drug-likeness (QED) is 0.310. The van der Waals surface area contributed by atoms with Crippen molar-refractivity contribution in [2.75, 3.05) is 19.1 Å². The molecule has 0 atom stereocenters. The molecule has 0 aliphatic carbocycles. The van der Waals surface area contributed by atoms with E-state index in [1.165, 1.54) is 17.9 Å². The molecule has 6 nitrogen and oxygen atoms in total. The van der Waals surface area contributed by atoms with Gasteiger partial charge in [0, 0.05) is 0 Å². The molecule has 6 heteroatoms. The summed E-state index contributed by atoms with van der Waals surface area (Å²) in [6, 6.07) is 0. The Kier molecular flexibility index (Phi) is 2.27. The van der Waals surface area contributed by atoms with Crippen LogP contribution in [0.3, 0.4) is 0 Å². The molecule has 0 aliphatic heterocycles. The van der Waals surface area contributed by atoms with E-state index < -0.39 is 0 Å². The fourth-order valence-electron chi connectivity index (χ4n) is 0.623. The number of hydrogen-bond acceptors (Lipinski definition) is 5. The minimum Gasteiger partial charge on any atom is -0.862 e. The number of nitrogens with zero attached hydrogens (tertiary/aromatic N) is 4. The van der Waals surface area contributed by atoms with Crippen LogP contribution < -0.4 is 14.9 Å². The Bertz CT molecular complexity index is 287. The lowest BCUT2D eigenvalue weighted by molar-refractivity contribution is -0.753. The summed E-state index contributed by atoms with van der Waals surface area (Å²) in [5, 5.41) is 15.8. The lowest BCUT2D eigenvalue weighted by atomic mass is 10.7. The molecule has 1 aromatic rings. The SMILES string of the molecule is CC([O-])=Nc1c[n+](N(C)C)no1. The fourth-order valence-corrected chi connectivity index (χ4v) is 0.623. The third-order valence-electron chi connectivity index (χ3n) is 1.12. The zero-order valence-electron chi connectivity index (χ0n) is 7.18. The van der Waals surface area contributed by atoms with Gasteiger partial charge in [0.15, 0.2) is 0 Å². The van der Waals surface area contributed by atoms with Gasteiger partial charge in [-0.15, -0.1) is 0 Å². The van der Waals surface area contributed by atoms with E-state index in [0.29, 0.717) is 0 Å². The second-order valence-corrected chi connectivity index (χ2v) is 2.44. The van der Waals surface area contributed by atoms with E-state index >= 15 is 0 Å². The van der Waals surface area contributed by atoms with Gasteiger partial charge in [0.1, 0.15) is 0 Å². The van der Waals surface area contributed by atoms with Crippen LogP contribution in [0, 0.1) is 0 Å². The van der Waals surface area contributed by atoms with Crippen LogP contribution >= 0.6 is 0 Å². The first kappa shape index (κ1) is 8.51. The molecule has 0 saturated heterocycles. The Morgan fingerprint density at radius 1 is 1.75 bits per heavy atom. The molecule has 0 unspecified atom stereocenters. The van der Waals surface area contributed by atoms with Crippen molar-refractivity contribution in [2.24, 2.45) is 4.99 Å². The van der Waals surface area contributed by atoms with Crippen LogP contribution in [0.15, 0.2) is 15.7 Å². The maximum atomic E-state index is 10.5. The lowest BCUT2D eigenvalue weighted by Crippen LogP contribution is -2.53. The third kappa shape index (κ3) is 1.94. The highest BCUT2D eigenvalue weighted by atomic mass is 16.5. The van der Waals surface area contributed by atoms with E-state index in [0.717, 1.165) is 0 Å². The van der Waals surface area contributed by atoms with Crippen molar-refractivity contribution in [1.82, 2.24) is 5.27 Å². The van der Waals surface area contributed by atoms with Gasteiger partial charge in [-0.2, -0.15) is 5.01 Å². The Morgan fingerprint density at radius 2 is 2.42 bits per heavy atom. The van der Waals surface area contributed by atoms with E-state index in [2.05, 4.69) is 10.3 Å². The molecular formula is C6H10N4O2. The normalized spacial score (nSPS) is 11.8. The minimum atomic E-state index is -0.308. The minimum absolute atomic E-state index is 0.205. The van der Waals surface area contributed by atoms with Crippen LogP contribution in [-0.4, -0.2) is 25.3 Å². The van der Waals surface area contributed by atoms with Gasteiger partial charge in [-0.1, -0.05) is 0 Å². The zero-order chi connectivity index (χ0) is 9.14. The molecule has 66 valence electrons. The average molecular weight is 170 g/mol. The Morgan fingerprint density at radius 3 is 2.83 bits per heavy atom. The summed E-state index contributed by atoms with van der Waals surface area (Å²) in [7, 11) is 3.58. The molecule has 1 aromatic heterocycles. The van der Waals surface area contributed by atoms with Crippen molar-refractivity contribution in [3.05, 3.63) is 6.20 Å². The Balaban J connectivity index is 2.85. The largest absolute Gasteiger partial charge is 0.862 e. The molecule has 0 amide bonds. The van der Waals surface area contributed by atoms with E-state index in [4.69, 9.17) is 4.52 Å². The summed E-state index contributed by atoms with van der Waals surface area (Å²) in [6.07, 6.45) is 1.52. The summed E-state index contributed by atoms with van der Waals surface area (Å²) >= 11 is 0.